The maximum absolute atomic E-state index is 14.5. The highest BCUT2D eigenvalue weighted by atomic mass is 32.2. The van der Waals surface area contributed by atoms with E-state index in [4.69, 9.17) is 0 Å². The van der Waals surface area contributed by atoms with E-state index in [1.807, 2.05) is 15.9 Å². The Hall–Kier alpha value is -2.92. The second-order valence-corrected chi connectivity index (χ2v) is 10.9. The molecule has 0 aromatic heterocycles. The fraction of sp³-hybridized carbons (Fsp3) is 0.318. The van der Waals surface area contributed by atoms with E-state index in [2.05, 4.69) is 4.40 Å². The number of hydrogen-bond donors (Lipinski definition) is 0. The fourth-order valence-corrected chi connectivity index (χ4v) is 6.48. The van der Waals surface area contributed by atoms with Crippen molar-refractivity contribution in [3.63, 3.8) is 0 Å². The molecular weight excluding hydrogens is 467 g/mol. The summed E-state index contributed by atoms with van der Waals surface area (Å²) in [5.41, 5.74) is 2.14. The summed E-state index contributed by atoms with van der Waals surface area (Å²) in [6.45, 7) is 3.58. The number of thioether (sulfide) groups is 1. The van der Waals surface area contributed by atoms with Gasteiger partial charge >= 0.3 is 0 Å². The molecule has 2 aromatic rings. The van der Waals surface area contributed by atoms with Crippen LogP contribution >= 0.6 is 11.8 Å². The topological polar surface area (TPSA) is 90.4 Å². The van der Waals surface area contributed by atoms with Crippen LogP contribution in [0.5, 0.6) is 0 Å². The van der Waals surface area contributed by atoms with Crippen molar-refractivity contribution in [1.29, 1.82) is 0 Å². The number of ketones is 1. The minimum atomic E-state index is -3.43. The number of halogens is 1. The maximum atomic E-state index is 14.5. The van der Waals surface area contributed by atoms with Gasteiger partial charge in [-0.3, -0.25) is 9.59 Å². The van der Waals surface area contributed by atoms with Crippen LogP contribution < -0.4 is 9.80 Å². The highest BCUT2D eigenvalue weighted by molar-refractivity contribution is 8.15. The highest BCUT2D eigenvalue weighted by Crippen LogP contribution is 2.42. The van der Waals surface area contributed by atoms with Gasteiger partial charge in [0.2, 0.25) is 0 Å². The summed E-state index contributed by atoms with van der Waals surface area (Å²) in [6.07, 6.45) is 0. The van der Waals surface area contributed by atoms with Crippen molar-refractivity contribution in [2.24, 2.45) is 4.40 Å². The van der Waals surface area contributed by atoms with Crippen LogP contribution in [0.25, 0.3) is 0 Å². The number of amidine groups is 1. The molecule has 0 unspecified atom stereocenters. The Kier molecular flexibility index (Phi) is 5.40. The molecule has 3 heterocycles. The van der Waals surface area contributed by atoms with E-state index < -0.39 is 15.8 Å². The number of amides is 1. The summed E-state index contributed by atoms with van der Waals surface area (Å²) in [5.74, 6) is -0.781. The normalized spacial score (nSPS) is 19.1. The Bertz CT molecular complexity index is 1300. The van der Waals surface area contributed by atoms with Gasteiger partial charge in [-0.2, -0.15) is 0 Å². The second kappa shape index (κ2) is 8.14. The summed E-state index contributed by atoms with van der Waals surface area (Å²) in [7, 11) is -3.43. The SMILES string of the molecule is CC(=O)c1ccc(N2CCN(C(=O)c3ccc4c(c3)SC3=NS(=O)(=O)CCN34)CC2)c(F)c1. The molecule has 0 saturated carbocycles. The predicted molar refractivity (Wildman–Crippen MR) is 125 cm³/mol. The summed E-state index contributed by atoms with van der Waals surface area (Å²) >= 11 is 1.26. The number of benzene rings is 2. The van der Waals surface area contributed by atoms with Crippen molar-refractivity contribution in [3.8, 4) is 0 Å². The van der Waals surface area contributed by atoms with Crippen molar-refractivity contribution in [2.75, 3.05) is 48.3 Å². The number of nitrogens with zero attached hydrogens (tertiary/aromatic N) is 4. The average molecular weight is 489 g/mol. The van der Waals surface area contributed by atoms with E-state index in [0.717, 1.165) is 10.6 Å². The lowest BCUT2D eigenvalue weighted by molar-refractivity contribution is 0.0746. The number of carbonyl (C=O) groups is 2. The van der Waals surface area contributed by atoms with E-state index in [9.17, 15) is 22.4 Å². The van der Waals surface area contributed by atoms with E-state index in [1.54, 1.807) is 29.2 Å². The zero-order chi connectivity index (χ0) is 23.3. The Morgan fingerprint density at radius 2 is 1.67 bits per heavy atom. The molecule has 0 bridgehead atoms. The maximum Gasteiger partial charge on any atom is 0.257 e. The van der Waals surface area contributed by atoms with Crippen LogP contribution in [0, 0.1) is 5.82 Å². The Labute approximate surface area is 195 Å². The molecule has 2 aromatic carbocycles. The van der Waals surface area contributed by atoms with Crippen molar-refractivity contribution >= 4 is 50.0 Å². The molecule has 0 N–H and O–H groups in total. The number of anilines is 2. The van der Waals surface area contributed by atoms with E-state index in [0.29, 0.717) is 54.7 Å². The van der Waals surface area contributed by atoms with Crippen LogP contribution in [0.1, 0.15) is 27.6 Å². The minimum Gasteiger partial charge on any atom is -0.366 e. The second-order valence-electron chi connectivity index (χ2n) is 8.10. The number of piperazine rings is 1. The van der Waals surface area contributed by atoms with Crippen molar-refractivity contribution in [1.82, 2.24) is 4.90 Å². The molecule has 0 spiro atoms. The van der Waals surface area contributed by atoms with Gasteiger partial charge in [0.05, 0.1) is 17.1 Å². The van der Waals surface area contributed by atoms with E-state index in [1.165, 1.54) is 24.8 Å². The first-order valence-electron chi connectivity index (χ1n) is 10.5. The third-order valence-electron chi connectivity index (χ3n) is 5.98. The molecule has 0 aliphatic carbocycles. The summed E-state index contributed by atoms with van der Waals surface area (Å²) in [6, 6.07) is 9.84. The molecule has 8 nitrogen and oxygen atoms in total. The van der Waals surface area contributed by atoms with Crippen LogP contribution in [0.4, 0.5) is 15.8 Å². The average Bonchev–Trinajstić information content (AvgIpc) is 3.14. The number of fused-ring (bicyclic) bond motifs is 3. The molecule has 3 aliphatic heterocycles. The molecule has 172 valence electrons. The van der Waals surface area contributed by atoms with Crippen LogP contribution in [0.2, 0.25) is 0 Å². The van der Waals surface area contributed by atoms with Crippen molar-refractivity contribution in [2.45, 2.75) is 11.8 Å². The molecular formula is C22H21FN4O4S2. The van der Waals surface area contributed by atoms with Gasteiger partial charge in [0.25, 0.3) is 15.9 Å². The first kappa shape index (κ1) is 21.9. The van der Waals surface area contributed by atoms with Crippen molar-refractivity contribution < 1.29 is 22.4 Å². The summed E-state index contributed by atoms with van der Waals surface area (Å²) < 4.78 is 41.9. The van der Waals surface area contributed by atoms with Gasteiger partial charge in [-0.05, 0) is 55.1 Å². The third kappa shape index (κ3) is 4.10. The molecule has 3 aliphatic rings. The standard InChI is InChI=1S/C22H21FN4O4S2/c1-14(28)15-2-4-18(17(23)12-15)25-6-8-26(9-7-25)21(29)16-3-5-19-20(13-16)32-22-24-33(30,31)11-10-27(19)22/h2-5,12-13H,6-11H2,1H3. The molecule has 0 atom stereocenters. The Balaban J connectivity index is 1.28. The van der Waals surface area contributed by atoms with Crippen molar-refractivity contribution in [3.05, 3.63) is 53.3 Å². The largest absolute Gasteiger partial charge is 0.366 e. The molecule has 1 amide bonds. The van der Waals surface area contributed by atoms with E-state index >= 15 is 0 Å². The van der Waals surface area contributed by atoms with Gasteiger partial charge in [0.15, 0.2) is 11.0 Å². The fourth-order valence-electron chi connectivity index (χ4n) is 4.18. The molecule has 1 saturated heterocycles. The molecule has 5 rings (SSSR count). The number of rotatable bonds is 3. The molecule has 33 heavy (non-hydrogen) atoms. The Morgan fingerprint density at radius 1 is 0.970 bits per heavy atom. The summed E-state index contributed by atoms with van der Waals surface area (Å²) in [4.78, 5) is 30.8. The molecule has 11 heteroatoms. The molecule has 1 fully saturated rings. The van der Waals surface area contributed by atoms with Gasteiger partial charge in [-0.1, -0.05) is 0 Å². The third-order valence-corrected chi connectivity index (χ3v) is 8.29. The van der Waals surface area contributed by atoms with E-state index in [-0.39, 0.29) is 17.4 Å². The first-order chi connectivity index (χ1) is 15.7. The van der Waals surface area contributed by atoms with Crippen LogP contribution in [-0.2, 0) is 10.0 Å². The highest BCUT2D eigenvalue weighted by Gasteiger charge is 2.34. The number of hydrogen-bond acceptors (Lipinski definition) is 7. The quantitative estimate of drug-likeness (QED) is 0.614. The van der Waals surface area contributed by atoms with Gasteiger partial charge in [-0.25, -0.2) is 12.8 Å². The van der Waals surface area contributed by atoms with Gasteiger partial charge in [0, 0.05) is 48.7 Å². The van der Waals surface area contributed by atoms with Crippen LogP contribution in [0.3, 0.4) is 0 Å². The number of sulfonamides is 1. The van der Waals surface area contributed by atoms with Crippen LogP contribution in [-0.4, -0.2) is 68.7 Å². The zero-order valence-corrected chi connectivity index (χ0v) is 19.5. The van der Waals surface area contributed by atoms with Gasteiger partial charge in [-0.15, -0.1) is 4.40 Å². The van der Waals surface area contributed by atoms with Gasteiger partial charge in [0.1, 0.15) is 5.82 Å². The predicted octanol–water partition coefficient (Wildman–Crippen LogP) is 2.60. The minimum absolute atomic E-state index is 0.0282. The lowest BCUT2D eigenvalue weighted by Gasteiger charge is -2.36. The smallest absolute Gasteiger partial charge is 0.257 e. The number of carbonyl (C=O) groups excluding carboxylic acids is 2. The lowest BCUT2D eigenvalue weighted by Crippen LogP contribution is -2.49. The number of Topliss-reactive ketones (excluding diaryl/α,β-unsaturated/α-hetero) is 1. The first-order valence-corrected chi connectivity index (χ1v) is 12.9. The van der Waals surface area contributed by atoms with Gasteiger partial charge < -0.3 is 14.7 Å². The Morgan fingerprint density at radius 3 is 2.36 bits per heavy atom. The van der Waals surface area contributed by atoms with Crippen LogP contribution in [0.15, 0.2) is 45.7 Å². The molecule has 0 radical (unpaired) electrons. The monoisotopic (exact) mass is 488 g/mol. The summed E-state index contributed by atoms with van der Waals surface area (Å²) in [5, 5.41) is 0.423. The lowest BCUT2D eigenvalue weighted by atomic mass is 10.1. The zero-order valence-electron chi connectivity index (χ0n) is 17.8.